The Bertz CT molecular complexity index is 1010. The van der Waals surface area contributed by atoms with E-state index in [9.17, 15) is 8.42 Å². The molecule has 25 heavy (non-hydrogen) atoms. The van der Waals surface area contributed by atoms with Crippen LogP contribution in [0.2, 0.25) is 10.0 Å². The highest BCUT2D eigenvalue weighted by molar-refractivity contribution is 7.85. The summed E-state index contributed by atoms with van der Waals surface area (Å²) in [5, 5.41) is 4.56. The number of nitrogens with one attached hydrogen (secondary N) is 1. The zero-order valence-electron chi connectivity index (χ0n) is 12.9. The van der Waals surface area contributed by atoms with E-state index in [0.717, 1.165) is 11.1 Å². The molecule has 0 aliphatic carbocycles. The molecule has 3 aromatic rings. The SMILES string of the molecule is O=S(=O)(O)CCCNc1cc(-n2ccnc2)c2ccc(Cl)c(Cl)c2n1. The van der Waals surface area contributed by atoms with Crippen LogP contribution in [0.1, 0.15) is 6.42 Å². The van der Waals surface area contributed by atoms with Crippen molar-refractivity contribution in [3.05, 3.63) is 47.0 Å². The number of hydrogen-bond donors (Lipinski definition) is 2. The van der Waals surface area contributed by atoms with Gasteiger partial charge in [0.25, 0.3) is 10.1 Å². The minimum absolute atomic E-state index is 0.238. The molecule has 2 N–H and O–H groups in total. The van der Waals surface area contributed by atoms with E-state index in [0.29, 0.717) is 27.9 Å². The van der Waals surface area contributed by atoms with Gasteiger partial charge in [0.1, 0.15) is 5.82 Å². The summed E-state index contributed by atoms with van der Waals surface area (Å²) in [5.41, 5.74) is 1.33. The predicted octanol–water partition coefficient (Wildman–Crippen LogP) is 3.42. The van der Waals surface area contributed by atoms with E-state index in [1.54, 1.807) is 24.8 Å². The molecule has 0 amide bonds. The predicted molar refractivity (Wildman–Crippen MR) is 98.4 cm³/mol. The third-order valence-corrected chi connectivity index (χ3v) is 5.12. The second-order valence-electron chi connectivity index (χ2n) is 5.32. The Labute approximate surface area is 154 Å². The van der Waals surface area contributed by atoms with Crippen LogP contribution in [0.15, 0.2) is 36.9 Å². The fourth-order valence-corrected chi connectivity index (χ4v) is 3.26. The van der Waals surface area contributed by atoms with Crippen LogP contribution in [-0.4, -0.2) is 39.8 Å². The summed E-state index contributed by atoms with van der Waals surface area (Å²) in [5.74, 6) is 0.185. The number of aromatic nitrogens is 3. The molecular weight excluding hydrogens is 387 g/mol. The first kappa shape index (κ1) is 17.9. The van der Waals surface area contributed by atoms with Crippen LogP contribution in [-0.2, 0) is 10.1 Å². The van der Waals surface area contributed by atoms with Gasteiger partial charge in [0.05, 0.1) is 33.3 Å². The van der Waals surface area contributed by atoms with E-state index in [1.165, 1.54) is 0 Å². The van der Waals surface area contributed by atoms with Crippen molar-refractivity contribution >= 4 is 50.0 Å². The summed E-state index contributed by atoms with van der Waals surface area (Å²) in [7, 11) is -3.98. The third kappa shape index (κ3) is 4.21. The highest BCUT2D eigenvalue weighted by atomic mass is 35.5. The summed E-state index contributed by atoms with van der Waals surface area (Å²) < 4.78 is 32.2. The van der Waals surface area contributed by atoms with Gasteiger partial charge in [0, 0.05) is 30.4 Å². The molecule has 10 heteroatoms. The average molecular weight is 401 g/mol. The molecule has 132 valence electrons. The van der Waals surface area contributed by atoms with Gasteiger partial charge < -0.3 is 9.88 Å². The van der Waals surface area contributed by atoms with Crippen molar-refractivity contribution in [1.29, 1.82) is 0 Å². The molecule has 2 heterocycles. The Morgan fingerprint density at radius 2 is 2.08 bits per heavy atom. The largest absolute Gasteiger partial charge is 0.370 e. The number of anilines is 1. The fourth-order valence-electron chi connectivity index (χ4n) is 2.39. The van der Waals surface area contributed by atoms with Crippen LogP contribution in [0.5, 0.6) is 0 Å². The topological polar surface area (TPSA) is 97.1 Å². The molecular formula is C15H14Cl2N4O3S. The molecule has 0 atom stereocenters. The number of benzene rings is 1. The van der Waals surface area contributed by atoms with Crippen LogP contribution in [0.25, 0.3) is 16.6 Å². The standard InChI is InChI=1S/C15H14Cl2N4O3S/c16-11-3-2-10-12(21-6-5-18-9-21)8-13(20-15(10)14(11)17)19-4-1-7-25(22,23)24/h2-3,5-6,8-9H,1,4,7H2,(H,19,20)(H,22,23,24). The molecule has 0 bridgehead atoms. The van der Waals surface area contributed by atoms with Crippen molar-refractivity contribution < 1.29 is 13.0 Å². The highest BCUT2D eigenvalue weighted by Gasteiger charge is 2.13. The van der Waals surface area contributed by atoms with Gasteiger partial charge >= 0.3 is 0 Å². The second-order valence-corrected chi connectivity index (χ2v) is 7.68. The van der Waals surface area contributed by atoms with Gasteiger partial charge in [0.15, 0.2) is 0 Å². The maximum atomic E-state index is 10.8. The highest BCUT2D eigenvalue weighted by Crippen LogP contribution is 2.33. The molecule has 0 spiro atoms. The Morgan fingerprint density at radius 3 is 2.76 bits per heavy atom. The molecule has 2 aromatic heterocycles. The van der Waals surface area contributed by atoms with Crippen LogP contribution in [0.3, 0.4) is 0 Å². The van der Waals surface area contributed by atoms with E-state index in [4.69, 9.17) is 27.8 Å². The van der Waals surface area contributed by atoms with Crippen molar-refractivity contribution in [2.75, 3.05) is 17.6 Å². The first-order valence-electron chi connectivity index (χ1n) is 7.31. The molecule has 7 nitrogen and oxygen atoms in total. The Kier molecular flexibility index (Phi) is 5.14. The van der Waals surface area contributed by atoms with Crippen LogP contribution in [0.4, 0.5) is 5.82 Å². The van der Waals surface area contributed by atoms with E-state index in [1.807, 2.05) is 16.7 Å². The lowest BCUT2D eigenvalue weighted by Gasteiger charge is -2.13. The number of pyridine rings is 1. The van der Waals surface area contributed by atoms with Gasteiger partial charge in [-0.25, -0.2) is 9.97 Å². The zero-order chi connectivity index (χ0) is 18.0. The average Bonchev–Trinajstić information content (AvgIpc) is 3.08. The molecule has 0 saturated carbocycles. The van der Waals surface area contributed by atoms with Gasteiger partial charge in [0.2, 0.25) is 0 Å². The van der Waals surface area contributed by atoms with Gasteiger partial charge in [-0.2, -0.15) is 8.42 Å². The van der Waals surface area contributed by atoms with Crippen molar-refractivity contribution in [3.8, 4) is 5.69 Å². The van der Waals surface area contributed by atoms with Crippen LogP contribution in [0, 0.1) is 0 Å². The van der Waals surface area contributed by atoms with E-state index < -0.39 is 10.1 Å². The monoisotopic (exact) mass is 400 g/mol. The summed E-state index contributed by atoms with van der Waals surface area (Å²) in [4.78, 5) is 8.51. The molecule has 1 aromatic carbocycles. The molecule has 0 fully saturated rings. The van der Waals surface area contributed by atoms with Crippen LogP contribution >= 0.6 is 23.2 Å². The Morgan fingerprint density at radius 1 is 1.28 bits per heavy atom. The summed E-state index contributed by atoms with van der Waals surface area (Å²) in [6, 6.07) is 5.34. The minimum Gasteiger partial charge on any atom is -0.370 e. The molecule has 0 aliphatic rings. The maximum absolute atomic E-state index is 10.8. The van der Waals surface area contributed by atoms with E-state index in [-0.39, 0.29) is 12.2 Å². The quantitative estimate of drug-likeness (QED) is 0.485. The minimum atomic E-state index is -3.98. The van der Waals surface area contributed by atoms with Crippen molar-refractivity contribution in [2.24, 2.45) is 0 Å². The third-order valence-electron chi connectivity index (χ3n) is 3.52. The van der Waals surface area contributed by atoms with Crippen LogP contribution < -0.4 is 5.32 Å². The Hall–Kier alpha value is -1.87. The first-order valence-corrected chi connectivity index (χ1v) is 9.68. The van der Waals surface area contributed by atoms with Crippen molar-refractivity contribution in [1.82, 2.24) is 14.5 Å². The van der Waals surface area contributed by atoms with Gasteiger partial charge in [-0.05, 0) is 18.6 Å². The lowest BCUT2D eigenvalue weighted by molar-refractivity contribution is 0.481. The smallest absolute Gasteiger partial charge is 0.264 e. The molecule has 0 saturated heterocycles. The van der Waals surface area contributed by atoms with Gasteiger partial charge in [-0.15, -0.1) is 0 Å². The van der Waals surface area contributed by atoms with Crippen molar-refractivity contribution in [2.45, 2.75) is 6.42 Å². The number of nitrogens with zero attached hydrogens (tertiary/aromatic N) is 3. The summed E-state index contributed by atoms with van der Waals surface area (Å²) in [6.45, 7) is 0.319. The van der Waals surface area contributed by atoms with E-state index in [2.05, 4.69) is 15.3 Å². The lowest BCUT2D eigenvalue weighted by atomic mass is 10.1. The Balaban J connectivity index is 1.98. The molecule has 3 rings (SSSR count). The number of imidazole rings is 1. The summed E-state index contributed by atoms with van der Waals surface area (Å²) >= 11 is 12.4. The maximum Gasteiger partial charge on any atom is 0.264 e. The number of halogens is 2. The van der Waals surface area contributed by atoms with Gasteiger partial charge in [-0.3, -0.25) is 4.55 Å². The number of fused-ring (bicyclic) bond motifs is 1. The molecule has 0 radical (unpaired) electrons. The first-order chi connectivity index (χ1) is 11.8. The van der Waals surface area contributed by atoms with E-state index >= 15 is 0 Å². The lowest BCUT2D eigenvalue weighted by Crippen LogP contribution is -2.11. The van der Waals surface area contributed by atoms with Crippen molar-refractivity contribution in [3.63, 3.8) is 0 Å². The molecule has 0 aliphatic heterocycles. The number of hydrogen-bond acceptors (Lipinski definition) is 5. The fraction of sp³-hybridized carbons (Fsp3) is 0.200. The normalized spacial score (nSPS) is 11.8. The summed E-state index contributed by atoms with van der Waals surface area (Å²) in [6.07, 6.45) is 5.34. The second kappa shape index (κ2) is 7.17. The number of rotatable bonds is 6. The van der Waals surface area contributed by atoms with Gasteiger partial charge in [-0.1, -0.05) is 23.2 Å². The molecule has 0 unspecified atom stereocenters. The zero-order valence-corrected chi connectivity index (χ0v) is 15.2.